The van der Waals surface area contributed by atoms with E-state index in [0.717, 1.165) is 22.2 Å². The Morgan fingerprint density at radius 2 is 2.43 bits per heavy atom. The Bertz CT molecular complexity index is 510. The van der Waals surface area contributed by atoms with Crippen LogP contribution in [-0.2, 0) is 11.3 Å². The SMILES string of the molecule is Cc1noc2cccc(CN=C=O)c12. The molecule has 0 amide bonds. The van der Waals surface area contributed by atoms with Crippen molar-refractivity contribution in [1.29, 1.82) is 0 Å². The third-order valence-electron chi connectivity index (χ3n) is 2.07. The first-order valence-corrected chi connectivity index (χ1v) is 4.20. The van der Waals surface area contributed by atoms with E-state index in [-0.39, 0.29) is 0 Å². The van der Waals surface area contributed by atoms with Crippen molar-refractivity contribution in [2.24, 2.45) is 4.99 Å². The molecular weight excluding hydrogens is 180 g/mol. The van der Waals surface area contributed by atoms with Crippen LogP contribution in [0.25, 0.3) is 11.0 Å². The quantitative estimate of drug-likeness (QED) is 0.534. The van der Waals surface area contributed by atoms with Gasteiger partial charge in [-0.15, -0.1) is 0 Å². The van der Waals surface area contributed by atoms with E-state index >= 15 is 0 Å². The maximum atomic E-state index is 10.0. The van der Waals surface area contributed by atoms with Crippen LogP contribution in [0.3, 0.4) is 0 Å². The molecule has 2 aromatic rings. The second-order valence-corrected chi connectivity index (χ2v) is 2.97. The van der Waals surface area contributed by atoms with E-state index in [1.54, 1.807) is 0 Å². The molecule has 1 aromatic carbocycles. The first kappa shape index (κ1) is 8.66. The second-order valence-electron chi connectivity index (χ2n) is 2.97. The molecule has 0 atom stereocenters. The zero-order chi connectivity index (χ0) is 9.97. The number of aromatic nitrogens is 1. The van der Waals surface area contributed by atoms with Gasteiger partial charge in [0.25, 0.3) is 0 Å². The number of carbonyl (C=O) groups excluding carboxylic acids is 1. The summed E-state index contributed by atoms with van der Waals surface area (Å²) < 4.78 is 5.08. The molecule has 4 heteroatoms. The van der Waals surface area contributed by atoms with Crippen molar-refractivity contribution in [1.82, 2.24) is 5.16 Å². The molecule has 0 spiro atoms. The predicted molar refractivity (Wildman–Crippen MR) is 50.6 cm³/mol. The summed E-state index contributed by atoms with van der Waals surface area (Å²) in [5, 5.41) is 4.79. The van der Waals surface area contributed by atoms with Gasteiger partial charge in [-0.3, -0.25) is 0 Å². The first-order chi connectivity index (χ1) is 6.83. The standard InChI is InChI=1S/C10H8N2O2/c1-7-10-8(5-11-6-13)3-2-4-9(10)14-12-7/h2-4H,5H2,1H3. The van der Waals surface area contributed by atoms with E-state index in [1.165, 1.54) is 6.08 Å². The van der Waals surface area contributed by atoms with Crippen LogP contribution in [0.2, 0.25) is 0 Å². The minimum atomic E-state index is 0.322. The van der Waals surface area contributed by atoms with Crippen molar-refractivity contribution in [3.63, 3.8) is 0 Å². The number of hydrogen-bond donors (Lipinski definition) is 0. The molecule has 70 valence electrons. The highest BCUT2D eigenvalue weighted by molar-refractivity contribution is 5.82. The van der Waals surface area contributed by atoms with E-state index in [9.17, 15) is 4.79 Å². The minimum Gasteiger partial charge on any atom is -0.356 e. The number of nitrogens with zero attached hydrogens (tertiary/aromatic N) is 2. The van der Waals surface area contributed by atoms with Gasteiger partial charge in [0.05, 0.1) is 12.2 Å². The minimum absolute atomic E-state index is 0.322. The van der Waals surface area contributed by atoms with Crippen molar-refractivity contribution < 1.29 is 9.32 Å². The summed E-state index contributed by atoms with van der Waals surface area (Å²) in [7, 11) is 0. The summed E-state index contributed by atoms with van der Waals surface area (Å²) in [4.78, 5) is 13.5. The van der Waals surface area contributed by atoms with E-state index in [4.69, 9.17) is 4.52 Å². The summed E-state index contributed by atoms with van der Waals surface area (Å²) in [6, 6.07) is 5.58. The summed E-state index contributed by atoms with van der Waals surface area (Å²) in [6.07, 6.45) is 1.52. The van der Waals surface area contributed by atoms with Gasteiger partial charge in [0.2, 0.25) is 6.08 Å². The molecule has 1 aromatic heterocycles. The lowest BCUT2D eigenvalue weighted by atomic mass is 10.1. The monoisotopic (exact) mass is 188 g/mol. The largest absolute Gasteiger partial charge is 0.356 e. The van der Waals surface area contributed by atoms with Gasteiger partial charge in [0, 0.05) is 5.39 Å². The van der Waals surface area contributed by atoms with E-state index in [1.807, 2.05) is 25.1 Å². The molecule has 0 aliphatic rings. The molecule has 14 heavy (non-hydrogen) atoms. The Morgan fingerprint density at radius 1 is 1.57 bits per heavy atom. The van der Waals surface area contributed by atoms with Gasteiger partial charge >= 0.3 is 0 Å². The normalized spacial score (nSPS) is 10.1. The number of isocyanates is 1. The van der Waals surface area contributed by atoms with Gasteiger partial charge in [-0.1, -0.05) is 17.3 Å². The number of rotatable bonds is 2. The topological polar surface area (TPSA) is 55.5 Å². The molecule has 0 saturated carbocycles. The molecule has 0 radical (unpaired) electrons. The average molecular weight is 188 g/mol. The molecule has 4 nitrogen and oxygen atoms in total. The fourth-order valence-electron chi connectivity index (χ4n) is 1.48. The Hall–Kier alpha value is -1.93. The highest BCUT2D eigenvalue weighted by Crippen LogP contribution is 2.22. The van der Waals surface area contributed by atoms with Crippen LogP contribution < -0.4 is 0 Å². The molecule has 0 bridgehead atoms. The van der Waals surface area contributed by atoms with Crippen LogP contribution in [0.15, 0.2) is 27.7 Å². The highest BCUT2D eigenvalue weighted by Gasteiger charge is 2.07. The summed E-state index contributed by atoms with van der Waals surface area (Å²) in [5.41, 5.74) is 2.47. The van der Waals surface area contributed by atoms with Crippen LogP contribution in [0.5, 0.6) is 0 Å². The Balaban J connectivity index is 2.62. The summed E-state index contributed by atoms with van der Waals surface area (Å²) in [5.74, 6) is 0. The third kappa shape index (κ3) is 1.32. The smallest absolute Gasteiger partial charge is 0.235 e. The molecular formula is C10H8N2O2. The number of benzene rings is 1. The fourth-order valence-corrected chi connectivity index (χ4v) is 1.48. The third-order valence-corrected chi connectivity index (χ3v) is 2.07. The fraction of sp³-hybridized carbons (Fsp3) is 0.200. The van der Waals surface area contributed by atoms with Crippen LogP contribution in [0, 0.1) is 6.92 Å². The van der Waals surface area contributed by atoms with Crippen LogP contribution in [0.4, 0.5) is 0 Å². The highest BCUT2D eigenvalue weighted by atomic mass is 16.5. The van der Waals surface area contributed by atoms with Crippen molar-refractivity contribution in [3.05, 3.63) is 29.5 Å². The van der Waals surface area contributed by atoms with Crippen molar-refractivity contribution in [3.8, 4) is 0 Å². The number of hydrogen-bond acceptors (Lipinski definition) is 4. The Labute approximate surface area is 80.2 Å². The molecule has 0 fully saturated rings. The van der Waals surface area contributed by atoms with Crippen molar-refractivity contribution in [2.75, 3.05) is 0 Å². The first-order valence-electron chi connectivity index (χ1n) is 4.20. The Morgan fingerprint density at radius 3 is 3.21 bits per heavy atom. The number of aryl methyl sites for hydroxylation is 1. The second kappa shape index (κ2) is 3.44. The van der Waals surface area contributed by atoms with Crippen molar-refractivity contribution in [2.45, 2.75) is 13.5 Å². The lowest BCUT2D eigenvalue weighted by Gasteiger charge is -1.96. The maximum absolute atomic E-state index is 10.0. The van der Waals surface area contributed by atoms with Crippen molar-refractivity contribution >= 4 is 17.0 Å². The van der Waals surface area contributed by atoms with Gasteiger partial charge in [-0.05, 0) is 18.6 Å². The molecule has 0 aliphatic heterocycles. The molecule has 1 heterocycles. The summed E-state index contributed by atoms with van der Waals surface area (Å²) >= 11 is 0. The molecule has 0 unspecified atom stereocenters. The van der Waals surface area contributed by atoms with Gasteiger partial charge < -0.3 is 4.52 Å². The maximum Gasteiger partial charge on any atom is 0.235 e. The van der Waals surface area contributed by atoms with Gasteiger partial charge in [0.15, 0.2) is 5.58 Å². The molecule has 0 saturated heterocycles. The average Bonchev–Trinajstić information content (AvgIpc) is 2.58. The Kier molecular flexibility index (Phi) is 2.13. The molecule has 0 aliphatic carbocycles. The van der Waals surface area contributed by atoms with E-state index in [0.29, 0.717) is 6.54 Å². The molecule has 2 rings (SSSR count). The van der Waals surface area contributed by atoms with Gasteiger partial charge in [-0.25, -0.2) is 9.79 Å². The van der Waals surface area contributed by atoms with E-state index in [2.05, 4.69) is 10.1 Å². The number of fused-ring (bicyclic) bond motifs is 1. The lowest BCUT2D eigenvalue weighted by molar-refractivity contribution is 0.450. The lowest BCUT2D eigenvalue weighted by Crippen LogP contribution is -1.83. The molecule has 0 N–H and O–H groups in total. The zero-order valence-corrected chi connectivity index (χ0v) is 7.65. The van der Waals surface area contributed by atoms with Crippen LogP contribution in [-0.4, -0.2) is 11.2 Å². The van der Waals surface area contributed by atoms with Gasteiger partial charge in [0.1, 0.15) is 0 Å². The zero-order valence-electron chi connectivity index (χ0n) is 7.65. The van der Waals surface area contributed by atoms with Crippen LogP contribution >= 0.6 is 0 Å². The van der Waals surface area contributed by atoms with Gasteiger partial charge in [-0.2, -0.15) is 0 Å². The summed E-state index contributed by atoms with van der Waals surface area (Å²) in [6.45, 7) is 2.18. The van der Waals surface area contributed by atoms with E-state index < -0.39 is 0 Å². The predicted octanol–water partition coefficient (Wildman–Crippen LogP) is 1.97. The number of aliphatic imine (C=N–C) groups is 1. The van der Waals surface area contributed by atoms with Crippen LogP contribution in [0.1, 0.15) is 11.3 Å².